The lowest BCUT2D eigenvalue weighted by atomic mass is 10.1. The first-order chi connectivity index (χ1) is 47.7. The van der Waals surface area contributed by atoms with E-state index in [9.17, 15) is 43.2 Å². The number of esters is 4. The predicted molar refractivity (Wildman–Crippen MR) is 400 cm³/mol. The minimum absolute atomic E-state index is 0.0763. The lowest BCUT2D eigenvalue weighted by molar-refractivity contribution is -0.161. The van der Waals surface area contributed by atoms with Crippen molar-refractivity contribution in [2.24, 2.45) is 0 Å². The van der Waals surface area contributed by atoms with Crippen molar-refractivity contribution < 1.29 is 80.2 Å². The number of carbonyl (C=O) groups is 4. The fraction of sp³-hybridized carbons (Fsp3) is 0.797. The van der Waals surface area contributed by atoms with Gasteiger partial charge < -0.3 is 33.8 Å². The van der Waals surface area contributed by atoms with Gasteiger partial charge in [-0.15, -0.1) is 0 Å². The van der Waals surface area contributed by atoms with Crippen LogP contribution < -0.4 is 0 Å². The van der Waals surface area contributed by atoms with E-state index in [1.807, 2.05) is 0 Å². The zero-order chi connectivity index (χ0) is 71.8. The summed E-state index contributed by atoms with van der Waals surface area (Å²) in [5.41, 5.74) is 0. The van der Waals surface area contributed by atoms with Gasteiger partial charge in [0.25, 0.3) is 0 Å². The number of hydrogen-bond donors (Lipinski definition) is 3. The Labute approximate surface area is 596 Å². The normalized spacial score (nSPS) is 14.3. The number of carbonyl (C=O) groups excluding carboxylic acids is 4. The van der Waals surface area contributed by atoms with E-state index in [0.29, 0.717) is 25.7 Å². The van der Waals surface area contributed by atoms with Crippen LogP contribution in [0.25, 0.3) is 0 Å². The van der Waals surface area contributed by atoms with Crippen LogP contribution in [0.1, 0.15) is 349 Å². The van der Waals surface area contributed by atoms with Crippen LogP contribution in [0.4, 0.5) is 0 Å². The molecule has 2 unspecified atom stereocenters. The Kier molecular flexibility index (Phi) is 69.3. The van der Waals surface area contributed by atoms with Gasteiger partial charge in [-0.2, -0.15) is 0 Å². The summed E-state index contributed by atoms with van der Waals surface area (Å²) in [6, 6.07) is 0. The van der Waals surface area contributed by atoms with E-state index in [0.717, 1.165) is 161 Å². The Morgan fingerprint density at radius 3 is 0.857 bits per heavy atom. The average molecular weight is 1430 g/mol. The van der Waals surface area contributed by atoms with Crippen LogP contribution >= 0.6 is 15.6 Å². The Hall–Kier alpha value is -3.50. The van der Waals surface area contributed by atoms with Crippen molar-refractivity contribution in [1.29, 1.82) is 0 Å². The van der Waals surface area contributed by atoms with E-state index in [1.54, 1.807) is 0 Å². The molecule has 19 heteroatoms. The summed E-state index contributed by atoms with van der Waals surface area (Å²) >= 11 is 0. The zero-order valence-corrected chi connectivity index (χ0v) is 64.0. The number of allylic oxidation sites excluding steroid dienone is 12. The highest BCUT2D eigenvalue weighted by atomic mass is 31.2. The van der Waals surface area contributed by atoms with Gasteiger partial charge in [-0.1, -0.05) is 261 Å². The molecule has 0 aromatic rings. The molecule has 0 saturated heterocycles. The third-order valence-corrected chi connectivity index (χ3v) is 18.5. The summed E-state index contributed by atoms with van der Waals surface area (Å²) in [6.07, 6.45) is 71.6. The molecule has 98 heavy (non-hydrogen) atoms. The van der Waals surface area contributed by atoms with Crippen LogP contribution in [0, 0.1) is 0 Å². The molecule has 0 heterocycles. The molecule has 0 radical (unpaired) electrons. The van der Waals surface area contributed by atoms with Gasteiger partial charge in [-0.05, 0) is 135 Å². The van der Waals surface area contributed by atoms with Gasteiger partial charge in [0.15, 0.2) is 12.2 Å². The highest BCUT2D eigenvalue weighted by molar-refractivity contribution is 7.47. The SMILES string of the molecule is CCCCC/C=C\C/C=C\CCCCCCCC(=O)OC[C@H](COP(=O)(O)OC[C@@H](O)COP(=O)(O)OC[C@@H](COC(=O)CCCCCCC/C=C\CCCCCC)OC(=O)CCCCCCC/C=C\CCCCCCCC)OC(=O)CCCCCCC/C=C\C=C/CCCCCC. The fourth-order valence-electron chi connectivity index (χ4n) is 10.6. The maximum atomic E-state index is 13.1. The van der Waals surface area contributed by atoms with E-state index in [4.69, 9.17) is 37.0 Å². The van der Waals surface area contributed by atoms with Crippen molar-refractivity contribution in [3.8, 4) is 0 Å². The molecule has 5 atom stereocenters. The van der Waals surface area contributed by atoms with E-state index in [2.05, 4.69) is 101 Å². The van der Waals surface area contributed by atoms with E-state index >= 15 is 0 Å². The number of aliphatic hydroxyl groups excluding tert-OH is 1. The molecule has 0 aliphatic heterocycles. The van der Waals surface area contributed by atoms with E-state index in [1.165, 1.54) is 109 Å². The standard InChI is InChI=1S/C79H142O17P2/c1-5-9-13-17-21-25-29-33-36-40-44-48-52-56-60-64-77(82)90-70-75(96-79(84)66-62-58-54-50-46-42-38-35-31-27-23-19-15-11-7-3)72-94-98(87,88)92-68-73(80)67-91-97(85,86)93-71-74(69-89-76(81)63-59-55-51-47-43-39-32-28-24-20-16-12-8-4)95-78(83)65-61-57-53-49-45-41-37-34-30-26-22-18-14-10-6-2/h21,25,27-28,31-38,73-75,80H,5-20,22-24,26,29-30,39-72H2,1-4H3,(H,85,86)(H,87,88)/b25-21-,31-27-,32-28-,36-33-,37-34-,38-35-/t73-,74+,75+/m0/s1. The molecule has 0 spiro atoms. The predicted octanol–water partition coefficient (Wildman–Crippen LogP) is 22.4. The van der Waals surface area contributed by atoms with Crippen molar-refractivity contribution in [2.45, 2.75) is 367 Å². The fourth-order valence-corrected chi connectivity index (χ4v) is 12.2. The molecular weight excluding hydrogens is 1280 g/mol. The summed E-state index contributed by atoms with van der Waals surface area (Å²) < 4.78 is 68.5. The number of rotatable bonds is 74. The highest BCUT2D eigenvalue weighted by Crippen LogP contribution is 2.45. The van der Waals surface area contributed by atoms with Crippen LogP contribution in [0.3, 0.4) is 0 Å². The number of ether oxygens (including phenoxy) is 4. The molecule has 0 aliphatic carbocycles. The molecule has 0 fully saturated rings. The van der Waals surface area contributed by atoms with E-state index in [-0.39, 0.29) is 25.7 Å². The molecular formula is C79H142O17P2. The van der Waals surface area contributed by atoms with E-state index < -0.39 is 97.5 Å². The summed E-state index contributed by atoms with van der Waals surface area (Å²) in [4.78, 5) is 72.9. The first-order valence-electron chi connectivity index (χ1n) is 39.2. The molecule has 0 saturated carbocycles. The highest BCUT2D eigenvalue weighted by Gasteiger charge is 2.30. The van der Waals surface area contributed by atoms with Gasteiger partial charge in [-0.25, -0.2) is 9.13 Å². The Bertz CT molecular complexity index is 2140. The molecule has 0 rings (SSSR count). The molecule has 3 N–H and O–H groups in total. The monoisotopic (exact) mass is 1420 g/mol. The van der Waals surface area contributed by atoms with Gasteiger partial charge in [-0.3, -0.25) is 37.3 Å². The topological polar surface area (TPSA) is 237 Å². The Balaban J connectivity index is 5.37. The quantitative estimate of drug-likeness (QED) is 0.0128. The van der Waals surface area contributed by atoms with Gasteiger partial charge in [0, 0.05) is 25.7 Å². The molecule has 0 aromatic carbocycles. The van der Waals surface area contributed by atoms with Gasteiger partial charge in [0.1, 0.15) is 19.3 Å². The second kappa shape index (κ2) is 71.9. The number of aliphatic hydroxyl groups is 1. The van der Waals surface area contributed by atoms with Crippen molar-refractivity contribution in [2.75, 3.05) is 39.6 Å². The molecule has 0 aliphatic rings. The summed E-state index contributed by atoms with van der Waals surface area (Å²) in [7, 11) is -9.95. The van der Waals surface area contributed by atoms with Crippen molar-refractivity contribution in [3.63, 3.8) is 0 Å². The Morgan fingerprint density at radius 1 is 0.296 bits per heavy atom. The maximum Gasteiger partial charge on any atom is 0.472 e. The lowest BCUT2D eigenvalue weighted by Crippen LogP contribution is -2.30. The third-order valence-electron chi connectivity index (χ3n) is 16.6. The Morgan fingerprint density at radius 2 is 0.531 bits per heavy atom. The van der Waals surface area contributed by atoms with Crippen molar-refractivity contribution in [3.05, 3.63) is 72.9 Å². The molecule has 0 aromatic heterocycles. The molecule has 17 nitrogen and oxygen atoms in total. The van der Waals surface area contributed by atoms with Crippen LogP contribution in [0.5, 0.6) is 0 Å². The smallest absolute Gasteiger partial charge is 0.462 e. The molecule has 0 bridgehead atoms. The second-order valence-electron chi connectivity index (χ2n) is 26.3. The number of phosphoric acid groups is 2. The maximum absolute atomic E-state index is 13.1. The third kappa shape index (κ3) is 70.9. The summed E-state index contributed by atoms with van der Waals surface area (Å²) in [6.45, 7) is 4.80. The number of phosphoric ester groups is 2. The van der Waals surface area contributed by atoms with Crippen LogP contribution in [0.2, 0.25) is 0 Å². The van der Waals surface area contributed by atoms with Crippen molar-refractivity contribution >= 4 is 39.5 Å². The first-order valence-corrected chi connectivity index (χ1v) is 42.2. The van der Waals surface area contributed by atoms with Crippen molar-refractivity contribution in [1.82, 2.24) is 0 Å². The van der Waals surface area contributed by atoms with Crippen LogP contribution in [0.15, 0.2) is 72.9 Å². The van der Waals surface area contributed by atoms with Crippen LogP contribution in [-0.4, -0.2) is 96.7 Å². The first kappa shape index (κ1) is 94.5. The van der Waals surface area contributed by atoms with Gasteiger partial charge >= 0.3 is 39.5 Å². The lowest BCUT2D eigenvalue weighted by Gasteiger charge is -2.21. The molecule has 570 valence electrons. The minimum atomic E-state index is -4.98. The average Bonchev–Trinajstić information content (AvgIpc) is 1.04. The zero-order valence-electron chi connectivity index (χ0n) is 62.2. The van der Waals surface area contributed by atoms with Gasteiger partial charge in [0.05, 0.1) is 26.4 Å². The number of unbranched alkanes of at least 4 members (excludes halogenated alkanes) is 37. The van der Waals surface area contributed by atoms with Crippen LogP contribution in [-0.2, 0) is 65.4 Å². The minimum Gasteiger partial charge on any atom is -0.462 e. The summed E-state index contributed by atoms with van der Waals surface area (Å²) in [5.74, 6) is -2.20. The van der Waals surface area contributed by atoms with Gasteiger partial charge in [0.2, 0.25) is 0 Å². The second-order valence-corrected chi connectivity index (χ2v) is 29.2. The largest absolute Gasteiger partial charge is 0.472 e. The molecule has 0 amide bonds. The number of hydrogen-bond acceptors (Lipinski definition) is 15. The summed E-state index contributed by atoms with van der Waals surface area (Å²) in [5, 5.41) is 10.6.